The lowest BCUT2D eigenvalue weighted by Gasteiger charge is -2.37. The zero-order valence-electron chi connectivity index (χ0n) is 18.2. The van der Waals surface area contributed by atoms with Crippen molar-refractivity contribution in [3.05, 3.63) is 35.9 Å². The van der Waals surface area contributed by atoms with Crippen molar-refractivity contribution in [1.29, 1.82) is 0 Å². The number of amides is 3. The zero-order chi connectivity index (χ0) is 22.0. The van der Waals surface area contributed by atoms with Gasteiger partial charge in [0.25, 0.3) is 0 Å². The molecule has 0 aromatic heterocycles. The van der Waals surface area contributed by atoms with Gasteiger partial charge in [-0.2, -0.15) is 0 Å². The second kappa shape index (κ2) is 9.10. The number of piperidine rings is 1. The quantitative estimate of drug-likeness (QED) is 0.728. The first-order chi connectivity index (χ1) is 14.9. The number of ether oxygens (including phenoxy) is 1. The molecule has 7 nitrogen and oxygen atoms in total. The molecule has 1 N–H and O–H groups in total. The smallest absolute Gasteiger partial charge is 0.407 e. The summed E-state index contributed by atoms with van der Waals surface area (Å²) < 4.78 is 5.44. The molecule has 31 heavy (non-hydrogen) atoms. The molecule has 0 saturated carbocycles. The Bertz CT molecular complexity index is 823. The number of nitrogens with zero attached hydrogens (tertiary/aromatic N) is 2. The van der Waals surface area contributed by atoms with E-state index in [1.165, 1.54) is 0 Å². The number of hydrogen-bond donors (Lipinski definition) is 1. The highest BCUT2D eigenvalue weighted by atomic mass is 32.2. The van der Waals surface area contributed by atoms with Crippen LogP contribution in [0.15, 0.2) is 30.3 Å². The third-order valence-corrected chi connectivity index (χ3v) is 7.90. The summed E-state index contributed by atoms with van der Waals surface area (Å²) in [5, 5.41) is 2.32. The summed E-state index contributed by atoms with van der Waals surface area (Å²) in [4.78, 5) is 41.4. The lowest BCUT2D eigenvalue weighted by Crippen LogP contribution is -2.49. The molecular formula is C23H31N3O4S. The third kappa shape index (κ3) is 4.84. The van der Waals surface area contributed by atoms with Crippen LogP contribution in [0.4, 0.5) is 4.79 Å². The summed E-state index contributed by atoms with van der Waals surface area (Å²) in [5.41, 5.74) is 0.632. The fourth-order valence-electron chi connectivity index (χ4n) is 4.46. The van der Waals surface area contributed by atoms with Crippen molar-refractivity contribution in [2.45, 2.75) is 55.8 Å². The minimum atomic E-state index is -0.474. The van der Waals surface area contributed by atoms with Crippen LogP contribution in [0.3, 0.4) is 0 Å². The summed E-state index contributed by atoms with van der Waals surface area (Å²) in [6.45, 7) is 6.64. The molecule has 3 amide bonds. The minimum Gasteiger partial charge on any atom is -0.441 e. The van der Waals surface area contributed by atoms with E-state index >= 15 is 0 Å². The standard InChI is InChI=1S/C23H31N3O4S/c1-16(2)8-11-26-20(28)18(31-21(26)17-6-4-3-5-7-17)14-19(27)25-12-9-23(10-13-25)15-24-22(29)30-23/h3-7,16,18,21H,8-15H2,1-2H3,(H,24,29). The molecular weight excluding hydrogens is 414 g/mol. The second-order valence-electron chi connectivity index (χ2n) is 9.11. The fourth-order valence-corrected chi connectivity index (χ4v) is 5.93. The van der Waals surface area contributed by atoms with Gasteiger partial charge in [-0.3, -0.25) is 9.59 Å². The Labute approximate surface area is 187 Å². The van der Waals surface area contributed by atoms with Gasteiger partial charge in [0.05, 0.1) is 11.8 Å². The van der Waals surface area contributed by atoms with E-state index in [1.54, 1.807) is 11.8 Å². The molecule has 1 spiro atoms. The molecule has 3 aliphatic rings. The van der Waals surface area contributed by atoms with E-state index in [2.05, 4.69) is 31.3 Å². The van der Waals surface area contributed by atoms with E-state index in [0.29, 0.717) is 44.9 Å². The summed E-state index contributed by atoms with van der Waals surface area (Å²) >= 11 is 1.59. The predicted octanol–water partition coefficient (Wildman–Crippen LogP) is 3.17. The van der Waals surface area contributed by atoms with Crippen molar-refractivity contribution >= 4 is 29.7 Å². The molecule has 3 aliphatic heterocycles. The van der Waals surface area contributed by atoms with E-state index in [9.17, 15) is 14.4 Å². The Balaban J connectivity index is 1.39. The molecule has 1 aromatic rings. The van der Waals surface area contributed by atoms with Gasteiger partial charge in [0.1, 0.15) is 11.0 Å². The van der Waals surface area contributed by atoms with Crippen molar-refractivity contribution in [2.75, 3.05) is 26.2 Å². The van der Waals surface area contributed by atoms with Crippen LogP contribution >= 0.6 is 11.8 Å². The molecule has 168 valence electrons. The summed E-state index contributed by atoms with van der Waals surface area (Å²) in [6, 6.07) is 10.1. The Morgan fingerprint density at radius 3 is 2.55 bits per heavy atom. The number of thioether (sulfide) groups is 1. The van der Waals surface area contributed by atoms with Crippen molar-refractivity contribution in [3.8, 4) is 0 Å². The Morgan fingerprint density at radius 2 is 1.94 bits per heavy atom. The van der Waals surface area contributed by atoms with E-state index < -0.39 is 5.60 Å². The maximum absolute atomic E-state index is 13.2. The van der Waals surface area contributed by atoms with Gasteiger partial charge in [0.15, 0.2) is 0 Å². The third-order valence-electron chi connectivity index (χ3n) is 6.42. The van der Waals surface area contributed by atoms with Crippen LogP contribution in [-0.4, -0.2) is 64.7 Å². The van der Waals surface area contributed by atoms with E-state index in [1.807, 2.05) is 28.0 Å². The van der Waals surface area contributed by atoms with Gasteiger partial charge in [0, 0.05) is 38.9 Å². The highest BCUT2D eigenvalue weighted by Gasteiger charge is 2.45. The maximum Gasteiger partial charge on any atom is 0.407 e. The predicted molar refractivity (Wildman–Crippen MR) is 119 cm³/mol. The fraction of sp³-hybridized carbons (Fsp3) is 0.609. The number of rotatable bonds is 6. The van der Waals surface area contributed by atoms with Crippen LogP contribution in [-0.2, 0) is 14.3 Å². The first-order valence-electron chi connectivity index (χ1n) is 11.1. The van der Waals surface area contributed by atoms with Gasteiger partial charge in [-0.15, -0.1) is 11.8 Å². The van der Waals surface area contributed by atoms with Crippen LogP contribution in [0.2, 0.25) is 0 Å². The average Bonchev–Trinajstić information content (AvgIpc) is 3.27. The molecule has 8 heteroatoms. The topological polar surface area (TPSA) is 79.0 Å². The highest BCUT2D eigenvalue weighted by molar-refractivity contribution is 8.01. The molecule has 3 fully saturated rings. The molecule has 4 rings (SSSR count). The lowest BCUT2D eigenvalue weighted by atomic mass is 9.91. The maximum atomic E-state index is 13.2. The van der Waals surface area contributed by atoms with Crippen LogP contribution < -0.4 is 5.32 Å². The first-order valence-corrected chi connectivity index (χ1v) is 12.1. The van der Waals surface area contributed by atoms with Gasteiger partial charge in [-0.1, -0.05) is 44.2 Å². The first kappa shape index (κ1) is 22.0. The molecule has 2 unspecified atom stereocenters. The molecule has 0 radical (unpaired) electrons. The van der Waals surface area contributed by atoms with Crippen LogP contribution in [0.5, 0.6) is 0 Å². The van der Waals surface area contributed by atoms with Crippen LogP contribution in [0, 0.1) is 5.92 Å². The van der Waals surface area contributed by atoms with Gasteiger partial charge < -0.3 is 19.9 Å². The molecule has 2 atom stereocenters. The molecule has 0 bridgehead atoms. The summed E-state index contributed by atoms with van der Waals surface area (Å²) in [6.07, 6.45) is 2.06. The van der Waals surface area contributed by atoms with Gasteiger partial charge in [-0.25, -0.2) is 4.79 Å². The number of nitrogens with one attached hydrogen (secondary N) is 1. The van der Waals surface area contributed by atoms with Crippen molar-refractivity contribution < 1.29 is 19.1 Å². The van der Waals surface area contributed by atoms with Gasteiger partial charge in [0.2, 0.25) is 11.8 Å². The average molecular weight is 446 g/mol. The molecule has 3 saturated heterocycles. The number of likely N-dealkylation sites (tertiary alicyclic amines) is 1. The number of carbonyl (C=O) groups excluding carboxylic acids is 3. The number of carbonyl (C=O) groups is 3. The monoisotopic (exact) mass is 445 g/mol. The van der Waals surface area contributed by atoms with E-state index in [4.69, 9.17) is 4.74 Å². The largest absolute Gasteiger partial charge is 0.441 e. The second-order valence-corrected chi connectivity index (χ2v) is 10.4. The summed E-state index contributed by atoms with van der Waals surface area (Å²) in [7, 11) is 0. The summed E-state index contributed by atoms with van der Waals surface area (Å²) in [5.74, 6) is 0.584. The van der Waals surface area contributed by atoms with Crippen molar-refractivity contribution in [2.24, 2.45) is 5.92 Å². The van der Waals surface area contributed by atoms with Crippen molar-refractivity contribution in [3.63, 3.8) is 0 Å². The molecule has 0 aliphatic carbocycles. The van der Waals surface area contributed by atoms with Crippen molar-refractivity contribution in [1.82, 2.24) is 15.1 Å². The van der Waals surface area contributed by atoms with Crippen LogP contribution in [0.1, 0.15) is 50.5 Å². The SMILES string of the molecule is CC(C)CCN1C(=O)C(CC(=O)N2CCC3(CC2)CNC(=O)O3)SC1c1ccccc1. The Kier molecular flexibility index (Phi) is 6.46. The number of alkyl carbamates (subject to hydrolysis) is 1. The van der Waals surface area contributed by atoms with Gasteiger partial charge >= 0.3 is 6.09 Å². The van der Waals surface area contributed by atoms with E-state index in [-0.39, 0.29) is 35.0 Å². The molecule has 1 aromatic carbocycles. The lowest BCUT2D eigenvalue weighted by molar-refractivity contribution is -0.138. The molecule has 3 heterocycles. The highest BCUT2D eigenvalue weighted by Crippen LogP contribution is 2.44. The zero-order valence-corrected chi connectivity index (χ0v) is 19.0. The number of benzene rings is 1. The Morgan fingerprint density at radius 1 is 1.23 bits per heavy atom. The number of hydrogen-bond acceptors (Lipinski definition) is 5. The normalized spacial score (nSPS) is 25.3. The Hall–Kier alpha value is -2.22. The minimum absolute atomic E-state index is 0.00973. The van der Waals surface area contributed by atoms with Crippen LogP contribution in [0.25, 0.3) is 0 Å². The van der Waals surface area contributed by atoms with Gasteiger partial charge in [-0.05, 0) is 17.9 Å². The van der Waals surface area contributed by atoms with E-state index in [0.717, 1.165) is 12.0 Å².